The SMILES string of the molecule is O=C(/C=C/c1ccc2c(c1Br)OCO2)c1ccccc1O. The molecule has 2 aromatic carbocycles. The van der Waals surface area contributed by atoms with Gasteiger partial charge in [0.05, 0.1) is 10.0 Å². The van der Waals surface area contributed by atoms with E-state index in [9.17, 15) is 9.90 Å². The number of hydrogen-bond donors (Lipinski definition) is 1. The lowest BCUT2D eigenvalue weighted by atomic mass is 10.1. The van der Waals surface area contributed by atoms with Gasteiger partial charge in [-0.3, -0.25) is 4.79 Å². The van der Waals surface area contributed by atoms with Crippen molar-refractivity contribution in [3.05, 3.63) is 58.1 Å². The topological polar surface area (TPSA) is 55.8 Å². The van der Waals surface area contributed by atoms with Gasteiger partial charge in [0.2, 0.25) is 6.79 Å². The lowest BCUT2D eigenvalue weighted by Gasteiger charge is -2.03. The molecule has 0 aromatic heterocycles. The van der Waals surface area contributed by atoms with Gasteiger partial charge in [-0.1, -0.05) is 12.1 Å². The number of phenolic OH excluding ortho intramolecular Hbond substituents is 1. The summed E-state index contributed by atoms with van der Waals surface area (Å²) < 4.78 is 11.4. The fourth-order valence-corrected chi connectivity index (χ4v) is 2.59. The monoisotopic (exact) mass is 346 g/mol. The highest BCUT2D eigenvalue weighted by atomic mass is 79.9. The van der Waals surface area contributed by atoms with Crippen LogP contribution in [0.3, 0.4) is 0 Å². The molecule has 21 heavy (non-hydrogen) atoms. The fourth-order valence-electron chi connectivity index (χ4n) is 2.02. The number of allylic oxidation sites excluding steroid dienone is 1. The number of para-hydroxylation sites is 1. The highest BCUT2D eigenvalue weighted by Gasteiger charge is 2.18. The molecule has 0 amide bonds. The van der Waals surface area contributed by atoms with Crippen LogP contribution in [0.25, 0.3) is 6.08 Å². The smallest absolute Gasteiger partial charge is 0.231 e. The number of ketones is 1. The Morgan fingerprint density at radius 3 is 2.81 bits per heavy atom. The van der Waals surface area contributed by atoms with Crippen LogP contribution < -0.4 is 9.47 Å². The molecule has 0 aliphatic carbocycles. The fraction of sp³-hybridized carbons (Fsp3) is 0.0625. The Morgan fingerprint density at radius 1 is 1.19 bits per heavy atom. The first-order chi connectivity index (χ1) is 10.2. The lowest BCUT2D eigenvalue weighted by Crippen LogP contribution is -1.94. The molecule has 0 bridgehead atoms. The van der Waals surface area contributed by atoms with Gasteiger partial charge in [0.25, 0.3) is 0 Å². The summed E-state index contributed by atoms with van der Waals surface area (Å²) in [5.41, 5.74) is 1.06. The van der Waals surface area contributed by atoms with E-state index < -0.39 is 0 Å². The second-order valence-electron chi connectivity index (χ2n) is 4.42. The van der Waals surface area contributed by atoms with Crippen molar-refractivity contribution >= 4 is 27.8 Å². The Morgan fingerprint density at radius 2 is 2.00 bits per heavy atom. The van der Waals surface area contributed by atoms with Gasteiger partial charge in [-0.05, 0) is 57.9 Å². The average molecular weight is 347 g/mol. The summed E-state index contributed by atoms with van der Waals surface area (Å²) in [4.78, 5) is 12.1. The second-order valence-corrected chi connectivity index (χ2v) is 5.21. The number of carbonyl (C=O) groups is 1. The first-order valence-electron chi connectivity index (χ1n) is 6.25. The molecule has 1 N–H and O–H groups in total. The first kappa shape index (κ1) is 13.7. The molecule has 0 saturated carbocycles. The summed E-state index contributed by atoms with van der Waals surface area (Å²) in [6, 6.07) is 10.1. The molecule has 0 unspecified atom stereocenters. The van der Waals surface area contributed by atoms with E-state index in [1.165, 1.54) is 12.1 Å². The van der Waals surface area contributed by atoms with Gasteiger partial charge in [0.1, 0.15) is 5.75 Å². The van der Waals surface area contributed by atoms with Crippen LogP contribution in [0, 0.1) is 0 Å². The molecule has 3 rings (SSSR count). The van der Waals surface area contributed by atoms with Gasteiger partial charge >= 0.3 is 0 Å². The molecule has 4 nitrogen and oxygen atoms in total. The van der Waals surface area contributed by atoms with Crippen molar-refractivity contribution in [2.24, 2.45) is 0 Å². The molecule has 1 aliphatic heterocycles. The number of phenols is 1. The van der Waals surface area contributed by atoms with E-state index in [2.05, 4.69) is 15.9 Å². The number of rotatable bonds is 3. The minimum absolute atomic E-state index is 0.0306. The molecule has 2 aromatic rings. The summed E-state index contributed by atoms with van der Waals surface area (Å²) >= 11 is 3.44. The van der Waals surface area contributed by atoms with Gasteiger partial charge in [-0.15, -0.1) is 0 Å². The summed E-state index contributed by atoms with van der Waals surface area (Å²) in [7, 11) is 0. The molecule has 0 saturated heterocycles. The number of fused-ring (bicyclic) bond motifs is 1. The van der Waals surface area contributed by atoms with Crippen molar-refractivity contribution < 1.29 is 19.4 Å². The number of halogens is 1. The largest absolute Gasteiger partial charge is 0.507 e. The Bertz CT molecular complexity index is 737. The summed E-state index contributed by atoms with van der Waals surface area (Å²) in [5.74, 6) is 1.01. The van der Waals surface area contributed by atoms with E-state index in [1.54, 1.807) is 30.3 Å². The molecular formula is C16H11BrO4. The number of hydrogen-bond acceptors (Lipinski definition) is 4. The van der Waals surface area contributed by atoms with Crippen molar-refractivity contribution in [2.75, 3.05) is 6.79 Å². The number of aromatic hydroxyl groups is 1. The summed E-state index contributed by atoms with van der Waals surface area (Å²) in [5, 5.41) is 9.66. The third-order valence-electron chi connectivity index (χ3n) is 3.09. The predicted octanol–water partition coefficient (Wildman–Crippen LogP) is 3.78. The molecule has 1 aliphatic rings. The van der Waals surface area contributed by atoms with Gasteiger partial charge in [0.15, 0.2) is 17.3 Å². The van der Waals surface area contributed by atoms with Crippen LogP contribution >= 0.6 is 15.9 Å². The third-order valence-corrected chi connectivity index (χ3v) is 3.91. The van der Waals surface area contributed by atoms with Crippen LogP contribution in [-0.2, 0) is 0 Å². The van der Waals surface area contributed by atoms with Crippen molar-refractivity contribution in [2.45, 2.75) is 0 Å². The number of carbonyl (C=O) groups excluding carboxylic acids is 1. The Hall–Kier alpha value is -2.27. The summed E-state index contributed by atoms with van der Waals surface area (Å²) in [6.07, 6.45) is 3.08. The maximum atomic E-state index is 12.1. The van der Waals surface area contributed by atoms with Crippen LogP contribution in [0.4, 0.5) is 0 Å². The molecule has 0 spiro atoms. The molecule has 1 heterocycles. The Balaban J connectivity index is 1.87. The molecular weight excluding hydrogens is 336 g/mol. The van der Waals surface area contributed by atoms with E-state index >= 15 is 0 Å². The van der Waals surface area contributed by atoms with Crippen molar-refractivity contribution in [1.29, 1.82) is 0 Å². The highest BCUT2D eigenvalue weighted by molar-refractivity contribution is 9.10. The average Bonchev–Trinajstić information content (AvgIpc) is 2.96. The normalized spacial score (nSPS) is 12.8. The first-order valence-corrected chi connectivity index (χ1v) is 7.04. The predicted molar refractivity (Wildman–Crippen MR) is 81.7 cm³/mol. The van der Waals surface area contributed by atoms with E-state index in [4.69, 9.17) is 9.47 Å². The maximum absolute atomic E-state index is 12.1. The Kier molecular flexibility index (Phi) is 3.66. The maximum Gasteiger partial charge on any atom is 0.231 e. The lowest BCUT2D eigenvalue weighted by molar-refractivity contribution is 0.104. The molecule has 5 heteroatoms. The van der Waals surface area contributed by atoms with Crippen LogP contribution in [-0.4, -0.2) is 17.7 Å². The summed E-state index contributed by atoms with van der Waals surface area (Å²) in [6.45, 7) is 0.192. The van der Waals surface area contributed by atoms with Gasteiger partial charge in [-0.2, -0.15) is 0 Å². The van der Waals surface area contributed by atoms with Crippen molar-refractivity contribution in [3.63, 3.8) is 0 Å². The van der Waals surface area contributed by atoms with E-state index in [1.807, 2.05) is 6.07 Å². The van der Waals surface area contributed by atoms with E-state index in [-0.39, 0.29) is 23.9 Å². The van der Waals surface area contributed by atoms with E-state index in [0.29, 0.717) is 11.5 Å². The third kappa shape index (κ3) is 2.64. The molecule has 0 atom stereocenters. The van der Waals surface area contributed by atoms with Crippen molar-refractivity contribution in [1.82, 2.24) is 0 Å². The van der Waals surface area contributed by atoms with Crippen molar-refractivity contribution in [3.8, 4) is 17.2 Å². The zero-order chi connectivity index (χ0) is 14.8. The molecule has 0 fully saturated rings. The van der Waals surface area contributed by atoms with Gasteiger partial charge in [0, 0.05) is 0 Å². The van der Waals surface area contributed by atoms with Crippen LogP contribution in [0.5, 0.6) is 17.2 Å². The molecule has 0 radical (unpaired) electrons. The van der Waals surface area contributed by atoms with Gasteiger partial charge < -0.3 is 14.6 Å². The van der Waals surface area contributed by atoms with Crippen LogP contribution in [0.15, 0.2) is 46.9 Å². The standard InChI is InChI=1S/C16H11BrO4/c17-15-10(6-8-14-16(15)21-9-20-14)5-7-13(19)11-3-1-2-4-12(11)18/h1-8,18H,9H2/b7-5+. The quantitative estimate of drug-likeness (QED) is 0.678. The molecule has 106 valence electrons. The second kappa shape index (κ2) is 5.61. The minimum Gasteiger partial charge on any atom is -0.507 e. The highest BCUT2D eigenvalue weighted by Crippen LogP contribution is 2.41. The number of benzene rings is 2. The van der Waals surface area contributed by atoms with Crippen LogP contribution in [0.1, 0.15) is 15.9 Å². The van der Waals surface area contributed by atoms with E-state index in [0.717, 1.165) is 10.0 Å². The number of ether oxygens (including phenoxy) is 2. The zero-order valence-corrected chi connectivity index (χ0v) is 12.5. The van der Waals surface area contributed by atoms with Crippen LogP contribution in [0.2, 0.25) is 0 Å². The minimum atomic E-state index is -0.266. The zero-order valence-electron chi connectivity index (χ0n) is 10.9. The van der Waals surface area contributed by atoms with Gasteiger partial charge in [-0.25, -0.2) is 0 Å². The Labute approximate surface area is 129 Å².